The molecule has 0 aromatic rings. The molecule has 2 heteroatoms. The van der Waals surface area contributed by atoms with Gasteiger partial charge in [-0.25, -0.2) is 4.79 Å². The molecule has 0 fully saturated rings. The number of carboxylic acid groups (broad SMARTS) is 1. The SMILES string of the molecule is CC(C)=C(C)CCC(C)CC=CC=CC(=O)O. The molecule has 0 aliphatic carbocycles. The zero-order valence-electron chi connectivity index (χ0n) is 11.4. The predicted molar refractivity (Wildman–Crippen MR) is 73.0 cm³/mol. The Balaban J connectivity index is 3.84. The van der Waals surface area contributed by atoms with Crippen molar-refractivity contribution in [1.82, 2.24) is 0 Å². The molecule has 0 radical (unpaired) electrons. The summed E-state index contributed by atoms with van der Waals surface area (Å²) in [6.45, 7) is 8.71. The van der Waals surface area contributed by atoms with Gasteiger partial charge in [-0.15, -0.1) is 0 Å². The second-order valence-corrected chi connectivity index (χ2v) is 4.79. The summed E-state index contributed by atoms with van der Waals surface area (Å²) in [6, 6.07) is 0. The molecule has 1 unspecified atom stereocenters. The second kappa shape index (κ2) is 8.80. The van der Waals surface area contributed by atoms with Crippen molar-refractivity contribution in [2.75, 3.05) is 0 Å². The molecule has 0 aliphatic heterocycles. The van der Waals surface area contributed by atoms with Crippen LogP contribution in [-0.2, 0) is 4.79 Å². The lowest BCUT2D eigenvalue weighted by Gasteiger charge is -2.09. The van der Waals surface area contributed by atoms with E-state index in [1.54, 1.807) is 12.2 Å². The van der Waals surface area contributed by atoms with Gasteiger partial charge in [0, 0.05) is 6.08 Å². The quantitative estimate of drug-likeness (QED) is 0.405. The summed E-state index contributed by atoms with van der Waals surface area (Å²) in [5.41, 5.74) is 2.89. The van der Waals surface area contributed by atoms with Crippen LogP contribution in [-0.4, -0.2) is 11.1 Å². The maximum absolute atomic E-state index is 10.2. The second-order valence-electron chi connectivity index (χ2n) is 4.79. The smallest absolute Gasteiger partial charge is 0.328 e. The molecule has 0 saturated carbocycles. The first-order valence-corrected chi connectivity index (χ1v) is 6.12. The molecule has 0 heterocycles. The molecule has 0 aromatic heterocycles. The number of hydrogen-bond donors (Lipinski definition) is 1. The number of aliphatic carboxylic acids is 1. The third kappa shape index (κ3) is 9.61. The summed E-state index contributed by atoms with van der Waals surface area (Å²) in [7, 11) is 0. The van der Waals surface area contributed by atoms with Gasteiger partial charge in [0.2, 0.25) is 0 Å². The summed E-state index contributed by atoms with van der Waals surface area (Å²) in [5, 5.41) is 8.39. The lowest BCUT2D eigenvalue weighted by atomic mass is 9.97. The van der Waals surface area contributed by atoms with Crippen molar-refractivity contribution in [3.63, 3.8) is 0 Å². The molecule has 0 saturated heterocycles. The van der Waals surface area contributed by atoms with E-state index in [9.17, 15) is 4.79 Å². The lowest BCUT2D eigenvalue weighted by molar-refractivity contribution is -0.131. The van der Waals surface area contributed by atoms with Crippen LogP contribution >= 0.6 is 0 Å². The summed E-state index contributed by atoms with van der Waals surface area (Å²) in [4.78, 5) is 10.2. The Hall–Kier alpha value is -1.31. The van der Waals surface area contributed by atoms with Gasteiger partial charge >= 0.3 is 5.97 Å². The van der Waals surface area contributed by atoms with Crippen LogP contribution < -0.4 is 0 Å². The number of rotatable bonds is 7. The Morgan fingerprint density at radius 2 is 1.88 bits per heavy atom. The van der Waals surface area contributed by atoms with E-state index in [4.69, 9.17) is 5.11 Å². The van der Waals surface area contributed by atoms with Crippen molar-refractivity contribution in [3.8, 4) is 0 Å². The summed E-state index contributed by atoms with van der Waals surface area (Å²) >= 11 is 0. The van der Waals surface area contributed by atoms with Crippen LogP contribution in [0, 0.1) is 5.92 Å². The summed E-state index contributed by atoms with van der Waals surface area (Å²) in [6.07, 6.45) is 9.89. The van der Waals surface area contributed by atoms with Crippen LogP contribution in [0.15, 0.2) is 35.5 Å². The molecule has 1 atom stereocenters. The normalized spacial score (nSPS) is 13.2. The Morgan fingerprint density at radius 3 is 2.41 bits per heavy atom. The molecule has 0 aromatic carbocycles. The van der Waals surface area contributed by atoms with Gasteiger partial charge in [0.15, 0.2) is 0 Å². The van der Waals surface area contributed by atoms with Crippen LogP contribution in [0.5, 0.6) is 0 Å². The minimum atomic E-state index is -0.901. The fourth-order valence-corrected chi connectivity index (χ4v) is 1.36. The van der Waals surface area contributed by atoms with Crippen molar-refractivity contribution in [2.45, 2.75) is 47.0 Å². The van der Waals surface area contributed by atoms with E-state index in [1.807, 2.05) is 6.08 Å². The monoisotopic (exact) mass is 236 g/mol. The Labute approximate surface area is 105 Å². The van der Waals surface area contributed by atoms with Crippen molar-refractivity contribution < 1.29 is 9.90 Å². The number of allylic oxidation sites excluding steroid dienone is 5. The van der Waals surface area contributed by atoms with Crippen molar-refractivity contribution >= 4 is 5.97 Å². The maximum atomic E-state index is 10.2. The van der Waals surface area contributed by atoms with Gasteiger partial charge in [0.25, 0.3) is 0 Å². The fourth-order valence-electron chi connectivity index (χ4n) is 1.36. The standard InChI is InChI=1S/C15H24O2/c1-12(2)14(4)11-10-13(3)8-6-5-7-9-15(16)17/h5-7,9,13H,8,10-11H2,1-4H3,(H,16,17). The summed E-state index contributed by atoms with van der Waals surface area (Å²) in [5.74, 6) is -0.263. The highest BCUT2D eigenvalue weighted by molar-refractivity contribution is 5.80. The fraction of sp³-hybridized carbons (Fsp3) is 0.533. The van der Waals surface area contributed by atoms with Gasteiger partial charge in [0.1, 0.15) is 0 Å². The Kier molecular flexibility index (Phi) is 8.12. The van der Waals surface area contributed by atoms with Gasteiger partial charge in [-0.2, -0.15) is 0 Å². The maximum Gasteiger partial charge on any atom is 0.328 e. The molecule has 0 amide bonds. The predicted octanol–water partition coefficient (Wildman–Crippen LogP) is 4.35. The molecule has 17 heavy (non-hydrogen) atoms. The number of carboxylic acids is 1. The average molecular weight is 236 g/mol. The first kappa shape index (κ1) is 15.7. The minimum Gasteiger partial charge on any atom is -0.478 e. The molecule has 0 spiro atoms. The van der Waals surface area contributed by atoms with Gasteiger partial charge in [0.05, 0.1) is 0 Å². The van der Waals surface area contributed by atoms with Gasteiger partial charge in [-0.3, -0.25) is 0 Å². The molecule has 0 aliphatic rings. The molecular weight excluding hydrogens is 212 g/mol. The molecule has 0 bridgehead atoms. The van der Waals surface area contributed by atoms with Gasteiger partial charge in [-0.05, 0) is 46.0 Å². The van der Waals surface area contributed by atoms with Crippen LogP contribution in [0.1, 0.15) is 47.0 Å². The highest BCUT2D eigenvalue weighted by Crippen LogP contribution is 2.17. The van der Waals surface area contributed by atoms with Crippen molar-refractivity contribution in [1.29, 1.82) is 0 Å². The highest BCUT2D eigenvalue weighted by Gasteiger charge is 2.00. The van der Waals surface area contributed by atoms with E-state index in [0.29, 0.717) is 5.92 Å². The number of carbonyl (C=O) groups is 1. The number of hydrogen-bond acceptors (Lipinski definition) is 1. The zero-order chi connectivity index (χ0) is 13.3. The highest BCUT2D eigenvalue weighted by atomic mass is 16.4. The third-order valence-electron chi connectivity index (χ3n) is 2.89. The zero-order valence-corrected chi connectivity index (χ0v) is 11.4. The van der Waals surface area contributed by atoms with E-state index in [2.05, 4.69) is 27.7 Å². The molecule has 0 rings (SSSR count). The van der Waals surface area contributed by atoms with E-state index < -0.39 is 5.97 Å². The van der Waals surface area contributed by atoms with E-state index in [1.165, 1.54) is 17.6 Å². The molecule has 1 N–H and O–H groups in total. The lowest BCUT2D eigenvalue weighted by Crippen LogP contribution is -1.94. The van der Waals surface area contributed by atoms with E-state index in [-0.39, 0.29) is 0 Å². The van der Waals surface area contributed by atoms with Gasteiger partial charge in [-0.1, -0.05) is 36.3 Å². The minimum absolute atomic E-state index is 0.638. The van der Waals surface area contributed by atoms with E-state index >= 15 is 0 Å². The van der Waals surface area contributed by atoms with Crippen LogP contribution in [0.25, 0.3) is 0 Å². The van der Waals surface area contributed by atoms with Crippen molar-refractivity contribution in [2.24, 2.45) is 5.92 Å². The van der Waals surface area contributed by atoms with Crippen LogP contribution in [0.4, 0.5) is 0 Å². The van der Waals surface area contributed by atoms with Crippen LogP contribution in [0.3, 0.4) is 0 Å². The Bertz CT molecular complexity index is 318. The Morgan fingerprint density at radius 1 is 1.24 bits per heavy atom. The molecule has 96 valence electrons. The molecule has 2 nitrogen and oxygen atoms in total. The van der Waals surface area contributed by atoms with E-state index in [0.717, 1.165) is 18.9 Å². The topological polar surface area (TPSA) is 37.3 Å². The summed E-state index contributed by atoms with van der Waals surface area (Å²) < 4.78 is 0. The largest absolute Gasteiger partial charge is 0.478 e. The molecular formula is C15H24O2. The average Bonchev–Trinajstić information content (AvgIpc) is 2.24. The first-order valence-electron chi connectivity index (χ1n) is 6.12. The first-order chi connectivity index (χ1) is 7.93. The van der Waals surface area contributed by atoms with Crippen LogP contribution in [0.2, 0.25) is 0 Å². The van der Waals surface area contributed by atoms with Gasteiger partial charge < -0.3 is 5.11 Å². The van der Waals surface area contributed by atoms with Crippen molar-refractivity contribution in [3.05, 3.63) is 35.5 Å². The third-order valence-corrected chi connectivity index (χ3v) is 2.89.